The number of aromatic nitrogens is 1. The predicted octanol–water partition coefficient (Wildman–Crippen LogP) is 2.54. The molecular formula is C14H19N3OS. The van der Waals surface area contributed by atoms with Gasteiger partial charge < -0.3 is 15.7 Å². The van der Waals surface area contributed by atoms with Crippen LogP contribution in [0.3, 0.4) is 0 Å². The van der Waals surface area contributed by atoms with Gasteiger partial charge in [-0.3, -0.25) is 0 Å². The summed E-state index contributed by atoms with van der Waals surface area (Å²) < 4.78 is 1.14. The Kier molecular flexibility index (Phi) is 3.33. The molecular weight excluding hydrogens is 258 g/mol. The van der Waals surface area contributed by atoms with E-state index in [1.54, 1.807) is 11.3 Å². The molecule has 1 aliphatic carbocycles. The predicted molar refractivity (Wildman–Crippen MR) is 80.8 cm³/mol. The quantitative estimate of drug-likeness (QED) is 0.843. The molecule has 1 aromatic carbocycles. The zero-order chi connectivity index (χ0) is 13.4. The molecule has 4 nitrogen and oxygen atoms in total. The van der Waals surface area contributed by atoms with Crippen LogP contribution in [0.5, 0.6) is 0 Å². The molecule has 0 radical (unpaired) electrons. The number of aliphatic hydroxyl groups is 1. The number of nitrogen functional groups attached to an aromatic ring is 1. The van der Waals surface area contributed by atoms with Gasteiger partial charge in [0.15, 0.2) is 0 Å². The van der Waals surface area contributed by atoms with Crippen LogP contribution >= 0.6 is 11.3 Å². The SMILES string of the molecule is Cc1nc2cc(N(CCO)C3CCC3)c(N)cc2s1. The molecule has 0 bridgehead atoms. The lowest BCUT2D eigenvalue weighted by Crippen LogP contribution is -2.42. The monoisotopic (exact) mass is 277 g/mol. The van der Waals surface area contributed by atoms with Crippen molar-refractivity contribution in [3.05, 3.63) is 17.1 Å². The molecule has 3 N–H and O–H groups in total. The molecule has 0 saturated heterocycles. The van der Waals surface area contributed by atoms with Crippen molar-refractivity contribution >= 4 is 32.9 Å². The maximum atomic E-state index is 9.28. The van der Waals surface area contributed by atoms with E-state index in [1.807, 2.05) is 13.0 Å². The van der Waals surface area contributed by atoms with Crippen LogP contribution < -0.4 is 10.6 Å². The maximum Gasteiger partial charge on any atom is 0.0907 e. The van der Waals surface area contributed by atoms with Gasteiger partial charge >= 0.3 is 0 Å². The third-order valence-corrected chi connectivity index (χ3v) is 4.74. The standard InChI is InChI=1S/C14H19N3OS/c1-9-16-12-8-13(11(15)7-14(12)19-9)17(5-6-18)10-3-2-4-10/h7-8,10,18H,2-6,15H2,1H3. The van der Waals surface area contributed by atoms with Crippen LogP contribution in [0.1, 0.15) is 24.3 Å². The van der Waals surface area contributed by atoms with Crippen molar-refractivity contribution in [2.75, 3.05) is 23.8 Å². The van der Waals surface area contributed by atoms with Crippen LogP contribution in [0, 0.1) is 6.92 Å². The van der Waals surface area contributed by atoms with Crippen molar-refractivity contribution in [2.45, 2.75) is 32.2 Å². The normalized spacial score (nSPS) is 15.7. The number of aliphatic hydroxyl groups excluding tert-OH is 1. The van der Waals surface area contributed by atoms with Crippen molar-refractivity contribution in [1.29, 1.82) is 0 Å². The summed E-state index contributed by atoms with van der Waals surface area (Å²) in [5.74, 6) is 0. The van der Waals surface area contributed by atoms with Crippen molar-refractivity contribution in [3.63, 3.8) is 0 Å². The van der Waals surface area contributed by atoms with E-state index in [9.17, 15) is 5.11 Å². The lowest BCUT2D eigenvalue weighted by Gasteiger charge is -2.39. The van der Waals surface area contributed by atoms with Crippen molar-refractivity contribution in [2.24, 2.45) is 0 Å². The van der Waals surface area contributed by atoms with Crippen molar-refractivity contribution < 1.29 is 5.11 Å². The number of hydrogen-bond acceptors (Lipinski definition) is 5. The minimum absolute atomic E-state index is 0.157. The molecule has 5 heteroatoms. The summed E-state index contributed by atoms with van der Waals surface area (Å²) in [6.07, 6.45) is 3.64. The minimum atomic E-state index is 0.157. The largest absolute Gasteiger partial charge is 0.397 e. The van der Waals surface area contributed by atoms with E-state index in [-0.39, 0.29) is 6.61 Å². The smallest absolute Gasteiger partial charge is 0.0907 e. The van der Waals surface area contributed by atoms with Crippen LogP contribution in [0.2, 0.25) is 0 Å². The number of nitrogens with two attached hydrogens (primary N) is 1. The Hall–Kier alpha value is -1.33. The van der Waals surface area contributed by atoms with Gasteiger partial charge in [-0.05, 0) is 38.3 Å². The van der Waals surface area contributed by atoms with Gasteiger partial charge in [-0.1, -0.05) is 0 Å². The van der Waals surface area contributed by atoms with E-state index in [2.05, 4.69) is 16.0 Å². The summed E-state index contributed by atoms with van der Waals surface area (Å²) in [6.45, 7) is 2.81. The Bertz CT molecular complexity index is 592. The molecule has 1 aromatic heterocycles. The first-order chi connectivity index (χ1) is 9.19. The summed E-state index contributed by atoms with van der Waals surface area (Å²) in [7, 11) is 0. The van der Waals surface area contributed by atoms with Gasteiger partial charge in [0.25, 0.3) is 0 Å². The third-order valence-electron chi connectivity index (χ3n) is 3.81. The number of fused-ring (bicyclic) bond motifs is 1. The Morgan fingerprint density at radius 2 is 2.26 bits per heavy atom. The molecule has 0 amide bonds. The topological polar surface area (TPSA) is 62.4 Å². The van der Waals surface area contributed by atoms with E-state index < -0.39 is 0 Å². The first-order valence-corrected chi connectivity index (χ1v) is 7.55. The lowest BCUT2D eigenvalue weighted by atomic mass is 9.91. The number of aryl methyl sites for hydroxylation is 1. The zero-order valence-corrected chi connectivity index (χ0v) is 11.9. The van der Waals surface area contributed by atoms with Crippen LogP contribution in [0.25, 0.3) is 10.2 Å². The second-order valence-corrected chi connectivity index (χ2v) is 6.35. The van der Waals surface area contributed by atoms with E-state index in [0.717, 1.165) is 26.6 Å². The summed E-state index contributed by atoms with van der Waals surface area (Å²) in [5.41, 5.74) is 9.02. The Morgan fingerprint density at radius 1 is 1.47 bits per heavy atom. The van der Waals surface area contributed by atoms with Crippen LogP contribution in [-0.2, 0) is 0 Å². The molecule has 0 aliphatic heterocycles. The maximum absolute atomic E-state index is 9.28. The number of rotatable bonds is 4. The molecule has 0 spiro atoms. The number of nitrogens with zero attached hydrogens (tertiary/aromatic N) is 2. The van der Waals surface area contributed by atoms with Gasteiger partial charge in [-0.2, -0.15) is 0 Å². The molecule has 0 unspecified atom stereocenters. The summed E-state index contributed by atoms with van der Waals surface area (Å²) in [5, 5.41) is 10.3. The average molecular weight is 277 g/mol. The Labute approximate surface area is 116 Å². The lowest BCUT2D eigenvalue weighted by molar-refractivity contribution is 0.284. The highest BCUT2D eigenvalue weighted by atomic mass is 32.1. The molecule has 1 aliphatic rings. The first kappa shape index (κ1) is 12.7. The molecule has 1 saturated carbocycles. The number of thiazole rings is 1. The van der Waals surface area contributed by atoms with Gasteiger partial charge in [0.05, 0.1) is 33.2 Å². The van der Waals surface area contributed by atoms with Gasteiger partial charge in [0, 0.05) is 12.6 Å². The van der Waals surface area contributed by atoms with E-state index in [0.29, 0.717) is 12.6 Å². The fourth-order valence-corrected chi connectivity index (χ4v) is 3.51. The number of hydrogen-bond donors (Lipinski definition) is 2. The Morgan fingerprint density at radius 3 is 2.89 bits per heavy atom. The molecule has 102 valence electrons. The third kappa shape index (κ3) is 2.28. The molecule has 19 heavy (non-hydrogen) atoms. The van der Waals surface area contributed by atoms with Crippen LogP contribution in [-0.4, -0.2) is 29.3 Å². The molecule has 3 rings (SSSR count). The average Bonchev–Trinajstić information content (AvgIpc) is 2.64. The highest BCUT2D eigenvalue weighted by Crippen LogP contribution is 2.36. The first-order valence-electron chi connectivity index (χ1n) is 6.73. The molecule has 1 heterocycles. The molecule has 2 aromatic rings. The van der Waals surface area contributed by atoms with Crippen LogP contribution in [0.15, 0.2) is 12.1 Å². The Balaban J connectivity index is 2.02. The van der Waals surface area contributed by atoms with E-state index in [1.165, 1.54) is 19.3 Å². The number of anilines is 2. The number of benzene rings is 1. The molecule has 0 atom stereocenters. The van der Waals surface area contributed by atoms with Crippen molar-refractivity contribution in [3.8, 4) is 0 Å². The van der Waals surface area contributed by atoms with Crippen LogP contribution in [0.4, 0.5) is 11.4 Å². The van der Waals surface area contributed by atoms with Gasteiger partial charge in [0.1, 0.15) is 0 Å². The minimum Gasteiger partial charge on any atom is -0.397 e. The van der Waals surface area contributed by atoms with E-state index >= 15 is 0 Å². The van der Waals surface area contributed by atoms with Gasteiger partial charge in [-0.25, -0.2) is 4.98 Å². The van der Waals surface area contributed by atoms with Gasteiger partial charge in [0.2, 0.25) is 0 Å². The highest BCUT2D eigenvalue weighted by Gasteiger charge is 2.26. The second-order valence-electron chi connectivity index (χ2n) is 5.11. The summed E-state index contributed by atoms with van der Waals surface area (Å²) in [6, 6.07) is 4.60. The van der Waals surface area contributed by atoms with Gasteiger partial charge in [-0.15, -0.1) is 11.3 Å². The highest BCUT2D eigenvalue weighted by molar-refractivity contribution is 7.18. The second kappa shape index (κ2) is 4.98. The zero-order valence-electron chi connectivity index (χ0n) is 11.1. The fourth-order valence-electron chi connectivity index (χ4n) is 2.65. The molecule has 1 fully saturated rings. The van der Waals surface area contributed by atoms with Crippen molar-refractivity contribution in [1.82, 2.24) is 4.98 Å². The fraction of sp³-hybridized carbons (Fsp3) is 0.500. The summed E-state index contributed by atoms with van der Waals surface area (Å²) >= 11 is 1.67. The van der Waals surface area contributed by atoms with E-state index in [4.69, 9.17) is 5.73 Å². The summed E-state index contributed by atoms with van der Waals surface area (Å²) in [4.78, 5) is 6.78.